The van der Waals surface area contributed by atoms with Crippen molar-refractivity contribution >= 4 is 56.5 Å². The van der Waals surface area contributed by atoms with E-state index in [2.05, 4.69) is 12.2 Å². The molecule has 1 N–H and O–H groups in total. The number of thioether (sulfide) groups is 1. The van der Waals surface area contributed by atoms with Crippen LogP contribution < -0.4 is 15.6 Å². The molecule has 0 unspecified atom stereocenters. The van der Waals surface area contributed by atoms with Crippen LogP contribution >= 0.6 is 34.7 Å². The molecule has 176 valence electrons. The van der Waals surface area contributed by atoms with E-state index < -0.39 is 0 Å². The van der Waals surface area contributed by atoms with E-state index in [0.717, 1.165) is 18.4 Å². The summed E-state index contributed by atoms with van der Waals surface area (Å²) in [6.45, 7) is 4.10. The van der Waals surface area contributed by atoms with E-state index in [1.54, 1.807) is 71.5 Å². The first-order valence-electron chi connectivity index (χ1n) is 10.8. The van der Waals surface area contributed by atoms with Crippen molar-refractivity contribution in [3.05, 3.63) is 74.3 Å². The van der Waals surface area contributed by atoms with E-state index in [1.165, 1.54) is 16.6 Å². The number of ether oxygens (including phenoxy) is 1. The van der Waals surface area contributed by atoms with Gasteiger partial charge in [-0.2, -0.15) is 0 Å². The van der Waals surface area contributed by atoms with Crippen LogP contribution in [0.5, 0.6) is 5.75 Å². The number of anilines is 1. The summed E-state index contributed by atoms with van der Waals surface area (Å²) in [5.74, 6) is 0.621. The molecule has 0 saturated heterocycles. The minimum atomic E-state index is -0.193. The van der Waals surface area contributed by atoms with Crippen LogP contribution in [0.25, 0.3) is 15.9 Å². The summed E-state index contributed by atoms with van der Waals surface area (Å²) in [4.78, 5) is 33.0. The Morgan fingerprint density at radius 3 is 2.53 bits per heavy atom. The molecule has 9 heteroatoms. The second kappa shape index (κ2) is 10.6. The molecule has 0 atom stereocenters. The molecule has 0 radical (unpaired) electrons. The number of rotatable bonds is 8. The first-order chi connectivity index (χ1) is 16.4. The zero-order valence-corrected chi connectivity index (χ0v) is 21.4. The summed E-state index contributed by atoms with van der Waals surface area (Å²) < 4.78 is 6.72. The van der Waals surface area contributed by atoms with E-state index in [4.69, 9.17) is 21.3 Å². The fraction of sp³-hybridized carbons (Fsp3) is 0.240. The maximum absolute atomic E-state index is 13.6. The van der Waals surface area contributed by atoms with Gasteiger partial charge in [-0.3, -0.25) is 14.2 Å². The fourth-order valence-corrected chi connectivity index (χ4v) is 5.85. The number of carbonyl (C=O) groups is 1. The minimum Gasteiger partial charge on any atom is -0.497 e. The third-order valence-electron chi connectivity index (χ3n) is 5.30. The van der Waals surface area contributed by atoms with Gasteiger partial charge in [0.2, 0.25) is 5.91 Å². The van der Waals surface area contributed by atoms with Crippen LogP contribution in [-0.2, 0) is 11.2 Å². The number of aromatic nitrogens is 2. The maximum Gasteiger partial charge on any atom is 0.267 e. The van der Waals surface area contributed by atoms with Gasteiger partial charge in [-0.05, 0) is 67.4 Å². The van der Waals surface area contributed by atoms with Crippen molar-refractivity contribution < 1.29 is 9.53 Å². The number of methoxy groups -OCH3 is 1. The third-order valence-corrected chi connectivity index (χ3v) is 7.74. The second-order valence-electron chi connectivity index (χ2n) is 7.66. The quantitative estimate of drug-likeness (QED) is 0.227. The molecule has 6 nitrogen and oxygen atoms in total. The smallest absolute Gasteiger partial charge is 0.267 e. The van der Waals surface area contributed by atoms with Crippen LogP contribution in [0.4, 0.5) is 5.69 Å². The van der Waals surface area contributed by atoms with Gasteiger partial charge in [-0.1, -0.05) is 36.7 Å². The lowest BCUT2D eigenvalue weighted by molar-refractivity contribution is -0.113. The first-order valence-corrected chi connectivity index (χ1v) is 13.0. The van der Waals surface area contributed by atoms with E-state index in [1.807, 2.05) is 6.92 Å². The van der Waals surface area contributed by atoms with Crippen LogP contribution in [0.2, 0.25) is 5.02 Å². The van der Waals surface area contributed by atoms with Gasteiger partial charge in [-0.25, -0.2) is 4.98 Å². The van der Waals surface area contributed by atoms with Crippen LogP contribution in [0, 0.1) is 6.92 Å². The lowest BCUT2D eigenvalue weighted by Crippen LogP contribution is -2.22. The van der Waals surface area contributed by atoms with Gasteiger partial charge in [0.05, 0.1) is 23.9 Å². The molecule has 0 spiro atoms. The number of fused-ring (bicyclic) bond motifs is 1. The monoisotopic (exact) mass is 513 g/mol. The second-order valence-corrected chi connectivity index (χ2v) is 10.1. The van der Waals surface area contributed by atoms with Crippen LogP contribution in [0.15, 0.2) is 58.5 Å². The van der Waals surface area contributed by atoms with E-state index in [-0.39, 0.29) is 17.2 Å². The van der Waals surface area contributed by atoms with E-state index >= 15 is 0 Å². The van der Waals surface area contributed by atoms with Crippen molar-refractivity contribution in [2.75, 3.05) is 18.2 Å². The van der Waals surface area contributed by atoms with Gasteiger partial charge in [0, 0.05) is 15.6 Å². The molecule has 2 heterocycles. The fourth-order valence-electron chi connectivity index (χ4n) is 3.59. The number of thiophene rings is 1. The van der Waals surface area contributed by atoms with Crippen molar-refractivity contribution in [3.63, 3.8) is 0 Å². The number of nitrogens with zero attached hydrogens (tertiary/aromatic N) is 2. The molecule has 34 heavy (non-hydrogen) atoms. The molecule has 4 aromatic rings. The molecule has 1 amide bonds. The Kier molecular flexibility index (Phi) is 7.60. The normalized spacial score (nSPS) is 11.1. The summed E-state index contributed by atoms with van der Waals surface area (Å²) in [5, 5.41) is 4.55. The molecule has 0 bridgehead atoms. The molecule has 0 aliphatic rings. The highest BCUT2D eigenvalue weighted by Gasteiger charge is 2.20. The molecule has 0 aliphatic heterocycles. The highest BCUT2D eigenvalue weighted by molar-refractivity contribution is 7.99. The van der Waals surface area contributed by atoms with Gasteiger partial charge >= 0.3 is 0 Å². The van der Waals surface area contributed by atoms with Gasteiger partial charge in [0.15, 0.2) is 5.16 Å². The lowest BCUT2D eigenvalue weighted by atomic mass is 10.1. The Morgan fingerprint density at radius 1 is 1.18 bits per heavy atom. The predicted octanol–water partition coefficient (Wildman–Crippen LogP) is 6.10. The molecule has 4 rings (SSSR count). The molecule has 0 aliphatic carbocycles. The zero-order valence-electron chi connectivity index (χ0n) is 19.1. The summed E-state index contributed by atoms with van der Waals surface area (Å²) in [6, 6.07) is 14.2. The van der Waals surface area contributed by atoms with Crippen molar-refractivity contribution in [3.8, 4) is 11.4 Å². The van der Waals surface area contributed by atoms with Crippen LogP contribution in [-0.4, -0.2) is 28.3 Å². The number of nitrogens with one attached hydrogen (secondary N) is 1. The average Bonchev–Trinajstić information content (AvgIpc) is 3.14. The van der Waals surface area contributed by atoms with Gasteiger partial charge in [0.25, 0.3) is 5.56 Å². The molecular formula is C25H24ClN3O3S2. The topological polar surface area (TPSA) is 73.2 Å². The Hall–Kier alpha value is -2.81. The number of hydrogen-bond acceptors (Lipinski definition) is 6. The number of benzene rings is 2. The Bertz CT molecular complexity index is 1380. The first kappa shape index (κ1) is 24.3. The van der Waals surface area contributed by atoms with E-state index in [0.29, 0.717) is 37.5 Å². The summed E-state index contributed by atoms with van der Waals surface area (Å²) in [5.41, 5.74) is 2.17. The number of carbonyl (C=O) groups excluding carboxylic acids is 1. The molecule has 0 fully saturated rings. The average molecular weight is 514 g/mol. The van der Waals surface area contributed by atoms with Crippen molar-refractivity contribution in [1.82, 2.24) is 9.55 Å². The van der Waals surface area contributed by atoms with Crippen molar-refractivity contribution in [1.29, 1.82) is 0 Å². The summed E-state index contributed by atoms with van der Waals surface area (Å²) in [7, 11) is 1.59. The Labute approximate surface area is 210 Å². The van der Waals surface area contributed by atoms with Crippen LogP contribution in [0.3, 0.4) is 0 Å². The predicted molar refractivity (Wildman–Crippen MR) is 141 cm³/mol. The highest BCUT2D eigenvalue weighted by Crippen LogP contribution is 2.31. The highest BCUT2D eigenvalue weighted by atomic mass is 35.5. The Balaban J connectivity index is 1.68. The standard InChI is InChI=1S/C25H24ClN3O3S2/c1-4-5-20-15(2)22-23(34-20)28-25(29(24(22)31)18-10-6-16(26)7-11-18)33-14-21(30)27-17-8-12-19(32-3)13-9-17/h6-13H,4-5,14H2,1-3H3,(H,27,30). The van der Waals surface area contributed by atoms with Gasteiger partial charge in [-0.15, -0.1) is 11.3 Å². The number of halogens is 1. The number of hydrogen-bond donors (Lipinski definition) is 1. The van der Waals surface area contributed by atoms with Crippen LogP contribution in [0.1, 0.15) is 23.8 Å². The number of amides is 1. The largest absolute Gasteiger partial charge is 0.497 e. The van der Waals surface area contributed by atoms with Gasteiger partial charge in [0.1, 0.15) is 10.6 Å². The number of aryl methyl sites for hydroxylation is 2. The zero-order chi connectivity index (χ0) is 24.2. The third kappa shape index (κ3) is 5.14. The maximum atomic E-state index is 13.6. The van der Waals surface area contributed by atoms with Crippen molar-refractivity contribution in [2.45, 2.75) is 31.8 Å². The Morgan fingerprint density at radius 2 is 1.88 bits per heavy atom. The molecule has 0 saturated carbocycles. The summed E-state index contributed by atoms with van der Waals surface area (Å²) in [6.07, 6.45) is 1.90. The lowest BCUT2D eigenvalue weighted by Gasteiger charge is -2.12. The molecule has 2 aromatic carbocycles. The van der Waals surface area contributed by atoms with E-state index in [9.17, 15) is 9.59 Å². The molecule has 2 aromatic heterocycles. The SMILES string of the molecule is CCCc1sc2nc(SCC(=O)Nc3ccc(OC)cc3)n(-c3ccc(Cl)cc3)c(=O)c2c1C. The summed E-state index contributed by atoms with van der Waals surface area (Å²) >= 11 is 8.85. The van der Waals surface area contributed by atoms with Gasteiger partial charge < -0.3 is 10.1 Å². The molecular weight excluding hydrogens is 490 g/mol. The minimum absolute atomic E-state index is 0.101. The van der Waals surface area contributed by atoms with Crippen molar-refractivity contribution in [2.24, 2.45) is 0 Å².